The summed E-state index contributed by atoms with van der Waals surface area (Å²) in [5, 5.41) is 20.2. The van der Waals surface area contributed by atoms with E-state index < -0.39 is 0 Å². The Morgan fingerprint density at radius 2 is 2.27 bits per heavy atom. The molecule has 1 heterocycles. The van der Waals surface area contributed by atoms with Gasteiger partial charge in [0.25, 0.3) is 0 Å². The zero-order valence-electron chi connectivity index (χ0n) is 8.45. The maximum atomic E-state index is 9.24. The number of aromatic hydroxyl groups is 1. The van der Waals surface area contributed by atoms with Crippen LogP contribution in [-0.4, -0.2) is 30.4 Å². The summed E-state index contributed by atoms with van der Waals surface area (Å²) in [5.41, 5.74) is 0.585. The summed E-state index contributed by atoms with van der Waals surface area (Å²) in [5.74, 6) is 0.890. The highest BCUT2D eigenvalue weighted by atomic mass is 16.5. The van der Waals surface area contributed by atoms with Crippen LogP contribution in [0.25, 0.3) is 11.0 Å². The molecule has 5 nitrogen and oxygen atoms in total. The van der Waals surface area contributed by atoms with Gasteiger partial charge in [-0.15, -0.1) is 0 Å². The highest BCUT2D eigenvalue weighted by molar-refractivity contribution is 5.88. The molecule has 0 atom stereocenters. The molecule has 80 valence electrons. The number of nitrogens with zero attached hydrogens (tertiary/aromatic N) is 1. The van der Waals surface area contributed by atoms with E-state index in [2.05, 4.69) is 15.8 Å². The van der Waals surface area contributed by atoms with E-state index in [0.717, 1.165) is 18.5 Å². The first-order chi connectivity index (χ1) is 7.31. The zero-order chi connectivity index (χ0) is 10.7. The maximum absolute atomic E-state index is 9.24. The minimum atomic E-state index is 0.181. The largest absolute Gasteiger partial charge is 0.508 e. The van der Waals surface area contributed by atoms with Crippen molar-refractivity contribution in [2.24, 2.45) is 0 Å². The lowest BCUT2D eigenvalue weighted by Gasteiger charge is -2.00. The molecule has 0 aliphatic heterocycles. The molecule has 0 aliphatic rings. The lowest BCUT2D eigenvalue weighted by Crippen LogP contribution is -2.17. The first-order valence-electron chi connectivity index (χ1n) is 4.78. The number of phenolic OH excluding ortho intramolecular Hbond substituents is 1. The fourth-order valence-corrected chi connectivity index (χ4v) is 1.36. The molecule has 1 aromatic carbocycles. The normalized spacial score (nSPS) is 10.7. The maximum Gasteiger partial charge on any atom is 0.177 e. The Labute approximate surface area is 87.1 Å². The van der Waals surface area contributed by atoms with Crippen LogP contribution in [0.4, 0.5) is 5.82 Å². The van der Waals surface area contributed by atoms with Crippen molar-refractivity contribution in [2.75, 3.05) is 25.5 Å². The van der Waals surface area contributed by atoms with Gasteiger partial charge in [0.15, 0.2) is 11.4 Å². The number of hydrogen-bond acceptors (Lipinski definition) is 5. The van der Waals surface area contributed by atoms with Crippen LogP contribution in [0.5, 0.6) is 5.75 Å². The van der Waals surface area contributed by atoms with Crippen molar-refractivity contribution in [1.29, 1.82) is 0 Å². The molecule has 0 spiro atoms. The summed E-state index contributed by atoms with van der Waals surface area (Å²) >= 11 is 0. The van der Waals surface area contributed by atoms with E-state index in [1.165, 1.54) is 0 Å². The highest BCUT2D eigenvalue weighted by Crippen LogP contribution is 2.25. The van der Waals surface area contributed by atoms with E-state index in [-0.39, 0.29) is 5.75 Å². The SMILES string of the molecule is CNCCNc1noc2cc(O)ccc12. The fourth-order valence-electron chi connectivity index (χ4n) is 1.36. The Balaban J connectivity index is 2.21. The Morgan fingerprint density at radius 3 is 3.07 bits per heavy atom. The second kappa shape index (κ2) is 4.18. The van der Waals surface area contributed by atoms with E-state index in [0.29, 0.717) is 11.4 Å². The fraction of sp³-hybridized carbons (Fsp3) is 0.300. The van der Waals surface area contributed by atoms with Crippen molar-refractivity contribution >= 4 is 16.8 Å². The van der Waals surface area contributed by atoms with E-state index >= 15 is 0 Å². The molecule has 0 radical (unpaired) electrons. The van der Waals surface area contributed by atoms with Gasteiger partial charge in [-0.25, -0.2) is 0 Å². The van der Waals surface area contributed by atoms with Crippen molar-refractivity contribution in [3.05, 3.63) is 18.2 Å². The molecule has 0 aliphatic carbocycles. The molecule has 2 rings (SSSR count). The van der Waals surface area contributed by atoms with Gasteiger partial charge in [0.2, 0.25) is 0 Å². The monoisotopic (exact) mass is 207 g/mol. The molecule has 0 amide bonds. The van der Waals surface area contributed by atoms with Crippen LogP contribution < -0.4 is 10.6 Å². The molecule has 0 unspecified atom stereocenters. The highest BCUT2D eigenvalue weighted by Gasteiger charge is 2.07. The molecule has 0 saturated carbocycles. The Kier molecular flexibility index (Phi) is 2.73. The minimum absolute atomic E-state index is 0.181. The van der Waals surface area contributed by atoms with E-state index in [9.17, 15) is 5.11 Å². The number of nitrogens with one attached hydrogen (secondary N) is 2. The van der Waals surface area contributed by atoms with Crippen molar-refractivity contribution in [3.8, 4) is 5.75 Å². The van der Waals surface area contributed by atoms with Crippen LogP contribution in [0.1, 0.15) is 0 Å². The Hall–Kier alpha value is -1.75. The number of aromatic nitrogens is 1. The number of phenols is 1. The van der Waals surface area contributed by atoms with Crippen molar-refractivity contribution in [3.63, 3.8) is 0 Å². The van der Waals surface area contributed by atoms with Gasteiger partial charge in [0.1, 0.15) is 5.75 Å². The molecular weight excluding hydrogens is 194 g/mol. The van der Waals surface area contributed by atoms with Crippen molar-refractivity contribution < 1.29 is 9.63 Å². The summed E-state index contributed by atoms with van der Waals surface area (Å²) in [6.45, 7) is 1.63. The van der Waals surface area contributed by atoms with Crippen LogP contribution in [0.2, 0.25) is 0 Å². The van der Waals surface area contributed by atoms with Gasteiger partial charge in [0.05, 0.1) is 5.39 Å². The van der Waals surface area contributed by atoms with Crippen LogP contribution in [-0.2, 0) is 0 Å². The number of benzene rings is 1. The smallest absolute Gasteiger partial charge is 0.177 e. The molecule has 2 aromatic rings. The topological polar surface area (TPSA) is 70.3 Å². The van der Waals surface area contributed by atoms with Gasteiger partial charge in [-0.3, -0.25) is 0 Å². The summed E-state index contributed by atoms with van der Waals surface area (Å²) in [6.07, 6.45) is 0. The van der Waals surface area contributed by atoms with Crippen molar-refractivity contribution in [2.45, 2.75) is 0 Å². The molecule has 1 aromatic heterocycles. The summed E-state index contributed by atoms with van der Waals surface area (Å²) < 4.78 is 5.07. The van der Waals surface area contributed by atoms with Gasteiger partial charge >= 0.3 is 0 Å². The standard InChI is InChI=1S/C10H13N3O2/c1-11-4-5-12-10-8-3-2-7(14)6-9(8)15-13-10/h2-3,6,11,14H,4-5H2,1H3,(H,12,13). The molecule has 15 heavy (non-hydrogen) atoms. The second-order valence-corrected chi connectivity index (χ2v) is 3.24. The van der Waals surface area contributed by atoms with Crippen LogP contribution in [0.15, 0.2) is 22.7 Å². The summed E-state index contributed by atoms with van der Waals surface area (Å²) in [7, 11) is 1.89. The molecule has 0 saturated heterocycles. The predicted octanol–water partition coefficient (Wildman–Crippen LogP) is 1.16. The summed E-state index contributed by atoms with van der Waals surface area (Å²) in [6, 6.07) is 4.94. The average Bonchev–Trinajstić information content (AvgIpc) is 2.61. The quantitative estimate of drug-likeness (QED) is 0.656. The number of fused-ring (bicyclic) bond motifs is 1. The Morgan fingerprint density at radius 1 is 1.40 bits per heavy atom. The van der Waals surface area contributed by atoms with Gasteiger partial charge in [-0.2, -0.15) is 0 Å². The van der Waals surface area contributed by atoms with Crippen molar-refractivity contribution in [1.82, 2.24) is 10.5 Å². The average molecular weight is 207 g/mol. The number of anilines is 1. The molecule has 5 heteroatoms. The van der Waals surface area contributed by atoms with Gasteiger partial charge in [-0.05, 0) is 19.2 Å². The molecule has 0 fully saturated rings. The van der Waals surface area contributed by atoms with E-state index in [4.69, 9.17) is 4.52 Å². The number of rotatable bonds is 4. The summed E-state index contributed by atoms with van der Waals surface area (Å²) in [4.78, 5) is 0. The van der Waals surface area contributed by atoms with Gasteiger partial charge in [-0.1, -0.05) is 5.16 Å². The second-order valence-electron chi connectivity index (χ2n) is 3.24. The van der Waals surface area contributed by atoms with Crippen LogP contribution in [0, 0.1) is 0 Å². The van der Waals surface area contributed by atoms with Gasteiger partial charge in [0, 0.05) is 19.2 Å². The third kappa shape index (κ3) is 2.02. The predicted molar refractivity (Wildman–Crippen MR) is 58.1 cm³/mol. The number of hydrogen-bond donors (Lipinski definition) is 3. The first kappa shape index (κ1) is 9.79. The van der Waals surface area contributed by atoms with E-state index in [1.54, 1.807) is 18.2 Å². The lowest BCUT2D eigenvalue weighted by molar-refractivity contribution is 0.451. The van der Waals surface area contributed by atoms with E-state index in [1.807, 2.05) is 7.05 Å². The molecular formula is C10H13N3O2. The zero-order valence-corrected chi connectivity index (χ0v) is 8.45. The third-order valence-electron chi connectivity index (χ3n) is 2.12. The lowest BCUT2D eigenvalue weighted by atomic mass is 10.2. The van der Waals surface area contributed by atoms with Crippen LogP contribution >= 0.6 is 0 Å². The van der Waals surface area contributed by atoms with Crippen LogP contribution in [0.3, 0.4) is 0 Å². The number of likely N-dealkylation sites (N-methyl/N-ethyl adjacent to an activating group) is 1. The first-order valence-corrected chi connectivity index (χ1v) is 4.78. The molecule has 3 N–H and O–H groups in total. The third-order valence-corrected chi connectivity index (χ3v) is 2.12. The minimum Gasteiger partial charge on any atom is -0.508 e. The van der Waals surface area contributed by atoms with Gasteiger partial charge < -0.3 is 20.3 Å². The molecule has 0 bridgehead atoms. The Bertz CT molecular complexity index is 453.